The molecule has 0 unspecified atom stereocenters. The van der Waals surface area contributed by atoms with Crippen LogP contribution >= 0.6 is 22.6 Å². The monoisotopic (exact) mass is 560 g/mol. The molecule has 0 atom stereocenters. The summed E-state index contributed by atoms with van der Waals surface area (Å²) in [5.74, 6) is -0.146. The number of alkyl halides is 3. The lowest BCUT2D eigenvalue weighted by molar-refractivity contribution is -0.139. The standard InChI is InChI=1S/C22H24F3IN4O2/c1-14-12-18(29-20(27-14)32-11-8-22(23,24)25)28-19(31)16-3-2-15(26)13-17(16)30-9-6-21(4-5-21)7-10-30/h2-3,12-13H,4-11H2,1H3,(H,27,28,29,31). The van der Waals surface area contributed by atoms with Gasteiger partial charge in [-0.2, -0.15) is 18.2 Å². The number of amides is 1. The Morgan fingerprint density at radius 1 is 1.19 bits per heavy atom. The van der Waals surface area contributed by atoms with E-state index < -0.39 is 19.2 Å². The Morgan fingerprint density at radius 2 is 1.91 bits per heavy atom. The average Bonchev–Trinajstić information content (AvgIpc) is 3.46. The van der Waals surface area contributed by atoms with Gasteiger partial charge in [0.2, 0.25) is 0 Å². The summed E-state index contributed by atoms with van der Waals surface area (Å²) >= 11 is 2.24. The first-order valence-corrected chi connectivity index (χ1v) is 11.6. The van der Waals surface area contributed by atoms with Gasteiger partial charge in [0.05, 0.1) is 17.7 Å². The molecule has 1 aromatic carbocycles. The molecule has 10 heteroatoms. The van der Waals surface area contributed by atoms with Crippen LogP contribution in [-0.2, 0) is 0 Å². The first-order chi connectivity index (χ1) is 15.1. The van der Waals surface area contributed by atoms with Gasteiger partial charge in [0.15, 0.2) is 0 Å². The van der Waals surface area contributed by atoms with E-state index in [0.29, 0.717) is 16.7 Å². The second-order valence-electron chi connectivity index (χ2n) is 8.49. The summed E-state index contributed by atoms with van der Waals surface area (Å²) in [6, 6.07) is 7.04. The molecule has 0 radical (unpaired) electrons. The molecule has 1 aromatic heterocycles. The van der Waals surface area contributed by atoms with Crippen LogP contribution in [0, 0.1) is 15.9 Å². The van der Waals surface area contributed by atoms with Gasteiger partial charge in [-0.3, -0.25) is 4.79 Å². The SMILES string of the molecule is Cc1cc(NC(=O)c2ccc(I)cc2N2CCC3(CC2)CC3)nc(OCCC(F)(F)F)n1. The van der Waals surface area contributed by atoms with Crippen molar-refractivity contribution in [3.63, 3.8) is 0 Å². The fraction of sp³-hybridized carbons (Fsp3) is 0.500. The summed E-state index contributed by atoms with van der Waals surface area (Å²) in [5.41, 5.74) is 2.43. The zero-order valence-electron chi connectivity index (χ0n) is 17.6. The molecular weight excluding hydrogens is 536 g/mol. The van der Waals surface area contributed by atoms with Crippen molar-refractivity contribution in [1.29, 1.82) is 0 Å². The molecule has 1 saturated heterocycles. The largest absolute Gasteiger partial charge is 0.463 e. The number of aromatic nitrogens is 2. The second-order valence-corrected chi connectivity index (χ2v) is 9.74. The molecule has 1 spiro atoms. The smallest absolute Gasteiger partial charge is 0.392 e. The maximum absolute atomic E-state index is 13.1. The van der Waals surface area contributed by atoms with E-state index in [0.717, 1.165) is 35.2 Å². The van der Waals surface area contributed by atoms with E-state index in [2.05, 4.69) is 42.8 Å². The molecule has 32 heavy (non-hydrogen) atoms. The minimum atomic E-state index is -4.32. The summed E-state index contributed by atoms with van der Waals surface area (Å²) in [7, 11) is 0. The number of hydrogen-bond donors (Lipinski definition) is 1. The highest BCUT2D eigenvalue weighted by molar-refractivity contribution is 14.1. The van der Waals surface area contributed by atoms with E-state index in [9.17, 15) is 18.0 Å². The maximum atomic E-state index is 13.1. The van der Waals surface area contributed by atoms with Crippen LogP contribution in [0.25, 0.3) is 0 Å². The average molecular weight is 560 g/mol. The van der Waals surface area contributed by atoms with Gasteiger partial charge in [0.1, 0.15) is 12.4 Å². The van der Waals surface area contributed by atoms with Crippen molar-refractivity contribution in [3.05, 3.63) is 39.1 Å². The number of piperidine rings is 1. The minimum absolute atomic E-state index is 0.185. The third kappa shape index (κ3) is 5.81. The summed E-state index contributed by atoms with van der Waals surface area (Å²) in [6.45, 7) is 2.91. The van der Waals surface area contributed by atoms with E-state index in [1.165, 1.54) is 12.8 Å². The Balaban J connectivity index is 1.48. The van der Waals surface area contributed by atoms with E-state index in [1.807, 2.05) is 12.1 Å². The molecular formula is C22H24F3IN4O2. The Morgan fingerprint density at radius 3 is 2.56 bits per heavy atom. The molecule has 172 valence electrons. The molecule has 4 rings (SSSR count). The van der Waals surface area contributed by atoms with E-state index >= 15 is 0 Å². The number of benzene rings is 1. The quantitative estimate of drug-likeness (QED) is 0.483. The number of carbonyl (C=O) groups excluding carboxylic acids is 1. The van der Waals surface area contributed by atoms with Crippen LogP contribution in [0.4, 0.5) is 24.7 Å². The zero-order valence-corrected chi connectivity index (χ0v) is 19.8. The predicted molar refractivity (Wildman–Crippen MR) is 123 cm³/mol. The number of nitrogens with one attached hydrogen (secondary N) is 1. The third-order valence-corrected chi connectivity index (χ3v) is 6.69. The molecule has 1 aliphatic carbocycles. The number of halogens is 4. The molecule has 2 aliphatic rings. The number of carbonyl (C=O) groups is 1. The van der Waals surface area contributed by atoms with Gasteiger partial charge in [-0.1, -0.05) is 0 Å². The number of aryl methyl sites for hydroxylation is 1. The van der Waals surface area contributed by atoms with Crippen LogP contribution in [0.2, 0.25) is 0 Å². The minimum Gasteiger partial charge on any atom is -0.463 e. The van der Waals surface area contributed by atoms with Crippen molar-refractivity contribution in [2.45, 2.75) is 45.2 Å². The van der Waals surface area contributed by atoms with Gasteiger partial charge in [-0.05, 0) is 78.8 Å². The third-order valence-electron chi connectivity index (χ3n) is 6.02. The lowest BCUT2D eigenvalue weighted by Gasteiger charge is -2.35. The van der Waals surface area contributed by atoms with E-state index in [-0.39, 0.29) is 17.7 Å². The lowest BCUT2D eigenvalue weighted by atomic mass is 9.93. The molecule has 1 amide bonds. The second kappa shape index (κ2) is 9.03. The topological polar surface area (TPSA) is 67.4 Å². The predicted octanol–water partition coefficient (Wildman–Crippen LogP) is 5.35. The van der Waals surface area contributed by atoms with E-state index in [4.69, 9.17) is 4.74 Å². The van der Waals surface area contributed by atoms with Gasteiger partial charge >= 0.3 is 12.2 Å². The summed E-state index contributed by atoms with van der Waals surface area (Å²) in [4.78, 5) is 23.4. The van der Waals surface area contributed by atoms with Gasteiger partial charge in [0, 0.05) is 28.4 Å². The molecule has 2 heterocycles. The summed E-state index contributed by atoms with van der Waals surface area (Å²) < 4.78 is 43.2. The van der Waals surface area contributed by atoms with Crippen molar-refractivity contribution in [1.82, 2.24) is 9.97 Å². The zero-order chi connectivity index (χ0) is 22.9. The van der Waals surface area contributed by atoms with Crippen molar-refractivity contribution < 1.29 is 22.7 Å². The molecule has 0 bridgehead atoms. The fourth-order valence-corrected chi connectivity index (χ4v) is 4.44. The lowest BCUT2D eigenvalue weighted by Crippen LogP contribution is -2.35. The molecule has 2 fully saturated rings. The highest BCUT2D eigenvalue weighted by Gasteiger charge is 2.44. The van der Waals surface area contributed by atoms with Crippen molar-refractivity contribution in [2.24, 2.45) is 5.41 Å². The van der Waals surface area contributed by atoms with Crippen LogP contribution in [0.5, 0.6) is 6.01 Å². The van der Waals surface area contributed by atoms with Crippen LogP contribution in [0.15, 0.2) is 24.3 Å². The van der Waals surface area contributed by atoms with Crippen LogP contribution in [0.1, 0.15) is 48.2 Å². The molecule has 1 saturated carbocycles. The summed E-state index contributed by atoms with van der Waals surface area (Å²) in [6.07, 6.45) is -0.529. The van der Waals surface area contributed by atoms with Crippen molar-refractivity contribution in [2.75, 3.05) is 29.9 Å². The Labute approximate surface area is 198 Å². The van der Waals surface area contributed by atoms with Crippen molar-refractivity contribution in [3.8, 4) is 6.01 Å². The maximum Gasteiger partial charge on any atom is 0.392 e. The molecule has 1 aliphatic heterocycles. The van der Waals surface area contributed by atoms with Gasteiger partial charge in [-0.15, -0.1) is 0 Å². The van der Waals surface area contributed by atoms with Gasteiger partial charge in [0.25, 0.3) is 5.91 Å². The number of nitrogens with zero attached hydrogens (tertiary/aromatic N) is 3. The Kier molecular flexibility index (Phi) is 6.51. The number of rotatable bonds is 6. The van der Waals surface area contributed by atoms with Crippen LogP contribution in [-0.4, -0.2) is 41.7 Å². The molecule has 2 aromatic rings. The highest BCUT2D eigenvalue weighted by atomic mass is 127. The molecule has 1 N–H and O–H groups in total. The number of hydrogen-bond acceptors (Lipinski definition) is 5. The normalized spacial score (nSPS) is 17.3. The van der Waals surface area contributed by atoms with Crippen LogP contribution < -0.4 is 15.0 Å². The summed E-state index contributed by atoms with van der Waals surface area (Å²) in [5, 5.41) is 2.75. The van der Waals surface area contributed by atoms with Crippen LogP contribution in [0.3, 0.4) is 0 Å². The van der Waals surface area contributed by atoms with Gasteiger partial charge < -0.3 is 15.0 Å². The first kappa shape index (κ1) is 23.1. The number of anilines is 2. The van der Waals surface area contributed by atoms with Gasteiger partial charge in [-0.25, -0.2) is 4.98 Å². The Hall–Kier alpha value is -2.11. The van der Waals surface area contributed by atoms with E-state index in [1.54, 1.807) is 19.1 Å². The van der Waals surface area contributed by atoms with Crippen molar-refractivity contribution >= 4 is 40.0 Å². The Bertz CT molecular complexity index is 1000. The fourth-order valence-electron chi connectivity index (χ4n) is 3.97. The number of ether oxygens (including phenoxy) is 1. The highest BCUT2D eigenvalue weighted by Crippen LogP contribution is 2.54. The first-order valence-electron chi connectivity index (χ1n) is 10.5. The molecule has 6 nitrogen and oxygen atoms in total.